The molecule has 0 bridgehead atoms. The monoisotopic (exact) mass is 192 g/mol. The molecule has 0 saturated heterocycles. The molecule has 0 nitrogen and oxygen atoms in total. The second kappa shape index (κ2) is 2.95. The van der Waals surface area contributed by atoms with Crippen LogP contribution in [-0.4, -0.2) is 23.0 Å². The van der Waals surface area contributed by atoms with Crippen molar-refractivity contribution in [2.45, 2.75) is 45.8 Å². The smallest absolute Gasteiger partial charge is 0.0329 e. The minimum atomic E-state index is -1.64. The van der Waals surface area contributed by atoms with Crippen molar-refractivity contribution in [1.29, 1.82) is 0 Å². The Hall–Kier alpha value is 0.651. The highest BCUT2D eigenvalue weighted by molar-refractivity contribution is 7.59. The molecule has 61 valence electrons. The Morgan fingerprint density at radius 3 is 1.20 bits per heavy atom. The van der Waals surface area contributed by atoms with Crippen LogP contribution in [0.2, 0.25) is 45.8 Å². The van der Waals surface area contributed by atoms with Gasteiger partial charge in [0.2, 0.25) is 0 Å². The maximum atomic E-state index is 7.65. The molecule has 0 aromatic rings. The van der Waals surface area contributed by atoms with E-state index in [1.807, 2.05) is 0 Å². The van der Waals surface area contributed by atoms with Crippen LogP contribution < -0.4 is 0 Å². The normalized spacial score (nSPS) is 20.1. The van der Waals surface area contributed by atoms with Crippen molar-refractivity contribution in [3.63, 3.8) is 0 Å². The van der Waals surface area contributed by atoms with Crippen LogP contribution in [0.4, 0.5) is 0 Å². The van der Waals surface area contributed by atoms with Gasteiger partial charge in [-0.1, -0.05) is 45.8 Å². The third kappa shape index (κ3) is 3.16. The molecule has 0 heterocycles. The molecule has 0 aliphatic carbocycles. The first-order chi connectivity index (χ1) is 5.37. The average molecular weight is 193 g/mol. The third-order valence-electron chi connectivity index (χ3n) is 1.50. The van der Waals surface area contributed by atoms with Crippen molar-refractivity contribution in [3.8, 4) is 0 Å². The fourth-order valence-corrected chi connectivity index (χ4v) is 30.4. The van der Waals surface area contributed by atoms with Crippen LogP contribution in [0.1, 0.15) is 4.11 Å². The maximum absolute atomic E-state index is 7.65. The standard InChI is InChI=1S/C7H21Si3/c1-8(9(2,3)4)10(5,6)7/h1-7H3/i1D3. The zero-order valence-corrected chi connectivity index (χ0v) is 11.0. The SMILES string of the molecule is [2H]C([2H])([2H])[Si]([Si](C)(C)C)[Si](C)(C)C. The lowest BCUT2D eigenvalue weighted by Crippen LogP contribution is -2.56. The second-order valence-corrected chi connectivity index (χ2v) is 28.1. The second-order valence-electron chi connectivity index (χ2n) is 4.88. The molecule has 0 N–H and O–H groups in total. The van der Waals surface area contributed by atoms with E-state index in [9.17, 15) is 0 Å². The van der Waals surface area contributed by atoms with Crippen LogP contribution in [-0.2, 0) is 0 Å². The summed E-state index contributed by atoms with van der Waals surface area (Å²) in [5.74, 6) is 0. The van der Waals surface area contributed by atoms with Gasteiger partial charge < -0.3 is 0 Å². The van der Waals surface area contributed by atoms with Crippen LogP contribution in [0.25, 0.3) is 0 Å². The number of hydrogen-bond donors (Lipinski definition) is 0. The Balaban J connectivity index is 5.02. The van der Waals surface area contributed by atoms with Gasteiger partial charge in [-0.05, 0) is 0 Å². The maximum Gasteiger partial charge on any atom is 0.0329 e. The van der Waals surface area contributed by atoms with E-state index in [4.69, 9.17) is 4.11 Å². The van der Waals surface area contributed by atoms with Gasteiger partial charge in [0.05, 0.1) is 0 Å². The first-order valence-corrected chi connectivity index (χ1v) is 14.2. The molecule has 0 saturated carbocycles. The molecule has 0 spiro atoms. The minimum Gasteiger partial charge on any atom is -0.0750 e. The van der Waals surface area contributed by atoms with Crippen molar-refractivity contribution in [1.82, 2.24) is 0 Å². The van der Waals surface area contributed by atoms with Gasteiger partial charge in [0.25, 0.3) is 0 Å². The highest BCUT2D eigenvalue weighted by atomic mass is 29.6. The zero-order valence-electron chi connectivity index (χ0n) is 11.0. The lowest BCUT2D eigenvalue weighted by atomic mass is 11.8. The van der Waals surface area contributed by atoms with Crippen molar-refractivity contribution in [2.24, 2.45) is 0 Å². The molecule has 0 fully saturated rings. The molecular weight excluding hydrogens is 168 g/mol. The van der Waals surface area contributed by atoms with Crippen LogP contribution in [0.15, 0.2) is 0 Å². The van der Waals surface area contributed by atoms with Crippen molar-refractivity contribution >= 4 is 23.0 Å². The molecule has 0 aliphatic heterocycles. The molecule has 0 unspecified atom stereocenters. The van der Waals surface area contributed by atoms with E-state index >= 15 is 0 Å². The molecule has 0 aromatic heterocycles. The molecule has 0 amide bonds. The lowest BCUT2D eigenvalue weighted by molar-refractivity contribution is 1.78. The number of rotatable bonds is 2. The molecule has 0 aromatic carbocycles. The quantitative estimate of drug-likeness (QED) is 0.590. The van der Waals surface area contributed by atoms with E-state index < -0.39 is 29.5 Å². The number of hydrogen-bond acceptors (Lipinski definition) is 0. The average Bonchev–Trinajstić information content (AvgIpc) is 1.44. The van der Waals surface area contributed by atoms with Crippen molar-refractivity contribution in [2.75, 3.05) is 0 Å². The minimum absolute atomic E-state index is 1.11. The summed E-state index contributed by atoms with van der Waals surface area (Å²) in [6.07, 6.45) is 0. The predicted molar refractivity (Wildman–Crippen MR) is 58.3 cm³/mol. The zero-order chi connectivity index (χ0) is 11.1. The summed E-state index contributed by atoms with van der Waals surface area (Å²) < 4.78 is 22.9. The van der Waals surface area contributed by atoms with Crippen LogP contribution in [0, 0.1) is 0 Å². The van der Waals surface area contributed by atoms with Gasteiger partial charge in [0.1, 0.15) is 0 Å². The van der Waals surface area contributed by atoms with Gasteiger partial charge in [-0.3, -0.25) is 0 Å². The fourth-order valence-electron chi connectivity index (χ4n) is 1.12. The molecular formula is C7H21Si3. The summed E-state index contributed by atoms with van der Waals surface area (Å²) in [5, 5.41) is 0. The van der Waals surface area contributed by atoms with Gasteiger partial charge in [-0.2, -0.15) is 0 Å². The Morgan fingerprint density at radius 1 is 0.900 bits per heavy atom. The first kappa shape index (κ1) is 6.20. The van der Waals surface area contributed by atoms with Gasteiger partial charge in [0, 0.05) is 27.1 Å². The summed E-state index contributed by atoms with van der Waals surface area (Å²) in [6.45, 7) is 11.6. The topological polar surface area (TPSA) is 0 Å². The largest absolute Gasteiger partial charge is 0.0750 e. The predicted octanol–water partition coefficient (Wildman–Crippen LogP) is 2.94. The molecule has 10 heavy (non-hydrogen) atoms. The van der Waals surface area contributed by atoms with Crippen molar-refractivity contribution < 1.29 is 4.11 Å². The summed E-state index contributed by atoms with van der Waals surface area (Å²) in [6, 6.07) is 0. The van der Waals surface area contributed by atoms with Crippen LogP contribution in [0.3, 0.4) is 0 Å². The molecule has 0 aliphatic rings. The fraction of sp³-hybridized carbons (Fsp3) is 1.00. The summed E-state index contributed by atoms with van der Waals surface area (Å²) in [5.41, 5.74) is 0. The van der Waals surface area contributed by atoms with E-state index in [1.54, 1.807) is 0 Å². The highest BCUT2D eigenvalue weighted by Gasteiger charge is 2.34. The molecule has 3 heteroatoms. The van der Waals surface area contributed by atoms with Crippen LogP contribution >= 0.6 is 0 Å². The Kier molecular flexibility index (Phi) is 1.83. The Morgan fingerprint density at radius 2 is 1.20 bits per heavy atom. The lowest BCUT2D eigenvalue weighted by Gasteiger charge is -2.33. The first-order valence-electron chi connectivity index (χ1n) is 5.25. The Labute approximate surface area is 73.5 Å². The van der Waals surface area contributed by atoms with Gasteiger partial charge in [0.15, 0.2) is 0 Å². The van der Waals surface area contributed by atoms with E-state index in [2.05, 4.69) is 39.3 Å². The van der Waals surface area contributed by atoms with Gasteiger partial charge in [-0.25, -0.2) is 0 Å². The third-order valence-corrected chi connectivity index (χ3v) is 27.0. The Bertz CT molecular complexity index is 142. The van der Waals surface area contributed by atoms with E-state index in [-0.39, 0.29) is 0 Å². The van der Waals surface area contributed by atoms with E-state index in [1.165, 1.54) is 0 Å². The van der Waals surface area contributed by atoms with Crippen LogP contribution in [0.5, 0.6) is 0 Å². The highest BCUT2D eigenvalue weighted by Crippen LogP contribution is 2.16. The summed E-state index contributed by atoms with van der Waals surface area (Å²) in [4.78, 5) is 0. The van der Waals surface area contributed by atoms with E-state index in [0.29, 0.717) is 0 Å². The van der Waals surface area contributed by atoms with Gasteiger partial charge >= 0.3 is 0 Å². The summed E-state index contributed by atoms with van der Waals surface area (Å²) >= 11 is 0. The summed E-state index contributed by atoms with van der Waals surface area (Å²) in [7, 11) is -4.03. The molecule has 0 rings (SSSR count). The van der Waals surface area contributed by atoms with Crippen molar-refractivity contribution in [3.05, 3.63) is 0 Å². The molecule has 1 radical (unpaired) electrons. The van der Waals surface area contributed by atoms with E-state index in [0.717, 1.165) is 0 Å². The molecule has 0 atom stereocenters. The van der Waals surface area contributed by atoms with Gasteiger partial charge in [-0.15, -0.1) is 0 Å².